The summed E-state index contributed by atoms with van der Waals surface area (Å²) in [6.07, 6.45) is 0.647. The van der Waals surface area contributed by atoms with E-state index in [-0.39, 0.29) is 31.9 Å². The van der Waals surface area contributed by atoms with Gasteiger partial charge in [0.2, 0.25) is 0 Å². The van der Waals surface area contributed by atoms with Crippen LogP contribution in [0.4, 0.5) is 17.6 Å². The summed E-state index contributed by atoms with van der Waals surface area (Å²) < 4.78 is 67.5. The average molecular weight is 550 g/mol. The van der Waals surface area contributed by atoms with Crippen LogP contribution in [0.5, 0.6) is 5.75 Å². The van der Waals surface area contributed by atoms with Gasteiger partial charge in [0.05, 0.1) is 6.54 Å². The fraction of sp³-hybridized carbons (Fsp3) is 0.519. The molecule has 0 spiro atoms. The summed E-state index contributed by atoms with van der Waals surface area (Å²) >= 11 is 0. The van der Waals surface area contributed by atoms with E-state index in [1.54, 1.807) is 12.1 Å². The van der Waals surface area contributed by atoms with Gasteiger partial charge in [-0.05, 0) is 64.9 Å². The second kappa shape index (κ2) is 9.83. The maximum Gasteiger partial charge on any atom is 0.287 e. The monoisotopic (exact) mass is 549 g/mol. The first-order valence-corrected chi connectivity index (χ1v) is 12.8. The summed E-state index contributed by atoms with van der Waals surface area (Å²) in [6, 6.07) is 9.53. The average Bonchev–Trinajstić information content (AvgIpc) is 3.33. The Morgan fingerprint density at radius 2 is 1.79 bits per heavy atom. The molecule has 0 radical (unpaired) electrons. The lowest BCUT2D eigenvalue weighted by Crippen LogP contribution is -2.76. The van der Waals surface area contributed by atoms with Gasteiger partial charge >= 0.3 is 0 Å². The lowest BCUT2D eigenvalue weighted by atomic mass is 9.30. The maximum atomic E-state index is 16.3. The lowest BCUT2D eigenvalue weighted by Gasteiger charge is -2.74. The highest BCUT2D eigenvalue weighted by Gasteiger charge is 2.82. The van der Waals surface area contributed by atoms with Crippen LogP contribution < -0.4 is 10.1 Å². The number of aromatic nitrogens is 4. The Hall–Kier alpha value is -3.09. The van der Waals surface area contributed by atoms with E-state index >= 15 is 8.78 Å². The molecule has 1 unspecified atom stereocenters. The number of ether oxygens (including phenoxy) is 1. The first kappa shape index (κ1) is 27.5. The first-order chi connectivity index (χ1) is 18.4. The minimum absolute atomic E-state index is 0.0908. The van der Waals surface area contributed by atoms with E-state index in [0.717, 1.165) is 28.7 Å². The van der Waals surface area contributed by atoms with Gasteiger partial charge in [-0.2, -0.15) is 0 Å². The molecule has 3 saturated carbocycles. The smallest absolute Gasteiger partial charge is 0.287 e. The Bertz CT molecular complexity index is 1290. The van der Waals surface area contributed by atoms with Gasteiger partial charge in [0, 0.05) is 29.6 Å². The molecular weight excluding hydrogens is 518 g/mol. The minimum atomic E-state index is -3.78. The van der Waals surface area contributed by atoms with Crippen LogP contribution in [0.3, 0.4) is 0 Å². The number of hydrogen-bond donors (Lipinski definition) is 3. The predicted molar refractivity (Wildman–Crippen MR) is 132 cm³/mol. The van der Waals surface area contributed by atoms with Crippen molar-refractivity contribution in [3.8, 4) is 5.75 Å². The number of halogens is 4. The zero-order valence-corrected chi connectivity index (χ0v) is 21.6. The Kier molecular flexibility index (Phi) is 6.92. The largest absolute Gasteiger partial charge is 0.491 e. The lowest BCUT2D eigenvalue weighted by molar-refractivity contribution is -0.347. The van der Waals surface area contributed by atoms with Crippen LogP contribution in [0, 0.1) is 17.0 Å². The molecule has 0 amide bonds. The summed E-state index contributed by atoms with van der Waals surface area (Å²) in [5.41, 5.74) is -4.92. The number of aliphatic hydroxyl groups excluding tert-OH is 1. The van der Waals surface area contributed by atoms with Crippen LogP contribution in [-0.2, 0) is 17.6 Å². The predicted octanol–water partition coefficient (Wildman–Crippen LogP) is 3.33. The quantitative estimate of drug-likeness (QED) is 0.298. The molecule has 3 aromatic rings. The van der Waals surface area contributed by atoms with Gasteiger partial charge in [0.15, 0.2) is 5.60 Å². The van der Waals surface area contributed by atoms with Crippen LogP contribution >= 0.6 is 0 Å². The Labute approximate surface area is 223 Å². The number of rotatable bonds is 12. The van der Waals surface area contributed by atoms with Gasteiger partial charge in [-0.3, -0.25) is 0 Å². The van der Waals surface area contributed by atoms with Crippen LogP contribution in [-0.4, -0.2) is 61.6 Å². The van der Waals surface area contributed by atoms with E-state index in [1.807, 2.05) is 26.0 Å². The molecule has 1 heterocycles. The van der Waals surface area contributed by atoms with Crippen molar-refractivity contribution in [1.82, 2.24) is 25.5 Å². The molecule has 6 rings (SSSR count). The summed E-state index contributed by atoms with van der Waals surface area (Å²) in [7, 11) is 0. The number of hydrogen-bond acceptors (Lipinski definition) is 7. The summed E-state index contributed by atoms with van der Waals surface area (Å²) in [5, 5.41) is 35.0. The Morgan fingerprint density at radius 1 is 1.10 bits per heavy atom. The third-order valence-corrected chi connectivity index (χ3v) is 8.05. The molecule has 2 aromatic carbocycles. The molecule has 3 aliphatic rings. The molecule has 8 nitrogen and oxygen atoms in total. The van der Waals surface area contributed by atoms with Crippen molar-refractivity contribution < 1.29 is 32.5 Å². The topological polar surface area (TPSA) is 105 Å². The summed E-state index contributed by atoms with van der Waals surface area (Å²) in [4.78, 5) is 0. The van der Waals surface area contributed by atoms with Gasteiger partial charge in [-0.15, -0.1) is 5.10 Å². The van der Waals surface area contributed by atoms with Gasteiger partial charge < -0.3 is 20.3 Å². The molecule has 2 atom stereocenters. The van der Waals surface area contributed by atoms with Gasteiger partial charge in [-0.1, -0.05) is 26.0 Å². The Morgan fingerprint density at radius 3 is 2.38 bits per heavy atom. The van der Waals surface area contributed by atoms with Gasteiger partial charge in [-0.25, -0.2) is 22.2 Å². The Balaban J connectivity index is 1.30. The fourth-order valence-electron chi connectivity index (χ4n) is 6.06. The molecule has 3 N–H and O–H groups in total. The third kappa shape index (κ3) is 4.68. The van der Waals surface area contributed by atoms with Crippen molar-refractivity contribution in [2.24, 2.45) is 5.41 Å². The SMILES string of the molecule is CC(C)NC[C@@H](O)COc1ccc(C23CC(C(F)(F)C(O)(Cn4cnnn4)c4ccc(F)cc4F)(C2)C3)cc1. The highest BCUT2D eigenvalue weighted by Crippen LogP contribution is 2.80. The van der Waals surface area contributed by atoms with Crippen molar-refractivity contribution in [3.05, 3.63) is 71.6 Å². The molecule has 210 valence electrons. The highest BCUT2D eigenvalue weighted by atomic mass is 19.3. The summed E-state index contributed by atoms with van der Waals surface area (Å²) in [6.45, 7) is 3.66. The minimum Gasteiger partial charge on any atom is -0.491 e. The van der Waals surface area contributed by atoms with E-state index in [1.165, 1.54) is 0 Å². The zero-order valence-electron chi connectivity index (χ0n) is 21.6. The van der Waals surface area contributed by atoms with E-state index in [0.29, 0.717) is 18.4 Å². The fourth-order valence-corrected chi connectivity index (χ4v) is 6.06. The van der Waals surface area contributed by atoms with Gasteiger partial charge in [0.25, 0.3) is 5.92 Å². The second-order valence-corrected chi connectivity index (χ2v) is 11.2. The molecular formula is C27H31F4N5O3. The number of nitrogens with one attached hydrogen (secondary N) is 1. The molecule has 0 saturated heterocycles. The van der Waals surface area contributed by atoms with Gasteiger partial charge in [0.1, 0.15) is 36.4 Å². The van der Waals surface area contributed by atoms with Crippen LogP contribution in [0.1, 0.15) is 44.2 Å². The van der Waals surface area contributed by atoms with Crippen molar-refractivity contribution in [3.63, 3.8) is 0 Å². The maximum absolute atomic E-state index is 16.3. The highest BCUT2D eigenvalue weighted by molar-refractivity contribution is 5.44. The molecule has 3 aliphatic carbocycles. The molecule has 0 aliphatic heterocycles. The van der Waals surface area contributed by atoms with E-state index in [2.05, 4.69) is 20.8 Å². The number of nitrogens with zero attached hydrogens (tertiary/aromatic N) is 4. The third-order valence-electron chi connectivity index (χ3n) is 8.05. The van der Waals surface area contributed by atoms with Crippen molar-refractivity contribution >= 4 is 0 Å². The molecule has 39 heavy (non-hydrogen) atoms. The standard InChI is InChI=1S/C27H31F4N5O3/c1-17(2)32-10-20(37)11-39-21-6-3-18(4-7-21)24-12-25(13-24,14-24)27(30,31)26(38,15-36-16-33-34-35-36)22-8-5-19(28)9-23(22)29/h3-9,16-17,20,32,37-38H,10-15H2,1-2H3/t20-,24?,25?,26?/m1/s1. The molecule has 3 fully saturated rings. The van der Waals surface area contributed by atoms with E-state index < -0.39 is 52.2 Å². The van der Waals surface area contributed by atoms with E-state index in [4.69, 9.17) is 4.74 Å². The van der Waals surface area contributed by atoms with Crippen molar-refractivity contribution in [1.29, 1.82) is 0 Å². The molecule has 2 bridgehead atoms. The van der Waals surface area contributed by atoms with E-state index in [9.17, 15) is 19.0 Å². The number of benzene rings is 2. The number of aliphatic hydroxyl groups is 2. The summed E-state index contributed by atoms with van der Waals surface area (Å²) in [5.74, 6) is -5.44. The zero-order chi connectivity index (χ0) is 28.1. The second-order valence-electron chi connectivity index (χ2n) is 11.2. The molecule has 1 aromatic heterocycles. The van der Waals surface area contributed by atoms with Crippen LogP contribution in [0.15, 0.2) is 48.8 Å². The number of tetrazole rings is 1. The first-order valence-electron chi connectivity index (χ1n) is 12.8. The number of alkyl halides is 2. The van der Waals surface area contributed by atoms with Crippen LogP contribution in [0.2, 0.25) is 0 Å². The molecule has 12 heteroatoms. The van der Waals surface area contributed by atoms with Crippen molar-refractivity contribution in [2.75, 3.05) is 13.2 Å². The normalized spacial score (nSPS) is 24.5. The van der Waals surface area contributed by atoms with Crippen LogP contribution in [0.25, 0.3) is 0 Å². The van der Waals surface area contributed by atoms with Crippen molar-refractivity contribution in [2.45, 2.75) is 68.7 Å².